The summed E-state index contributed by atoms with van der Waals surface area (Å²) >= 11 is 0. The molecule has 6 N–H and O–H groups in total. The Kier molecular flexibility index (Phi) is 13.9. The Morgan fingerprint density at radius 2 is 1.51 bits per heavy atom. The molecule has 3 amide bonds. The third-order valence-electron chi connectivity index (χ3n) is 16.0. The Hall–Kier alpha value is -6.66. The Bertz CT molecular complexity index is 2710. The van der Waals surface area contributed by atoms with Gasteiger partial charge in [-0.3, -0.25) is 14.4 Å². The highest BCUT2D eigenvalue weighted by Crippen LogP contribution is 2.39. The molecule has 3 aromatic heterocycles. The molecular formula is C54H69N13O5. The number of imidazole rings is 1. The molecule has 5 aliphatic rings. The van der Waals surface area contributed by atoms with Crippen LogP contribution in [0.25, 0.3) is 16.9 Å². The van der Waals surface area contributed by atoms with E-state index >= 15 is 0 Å². The Morgan fingerprint density at radius 3 is 2.17 bits per heavy atom. The van der Waals surface area contributed by atoms with Crippen LogP contribution in [0.1, 0.15) is 101 Å². The van der Waals surface area contributed by atoms with Gasteiger partial charge >= 0.3 is 0 Å². The number of β-amino-alcohol motifs (C(OH)–C–C–N with tert-alkyl or cyclic N) is 1. The lowest BCUT2D eigenvalue weighted by atomic mass is 9.81. The standard InChI is InChI=1S/C54H69N13O5/c1-33-56-21-24-65(33)39-13-9-34(10-14-39)27-57-51(71)46-25-42(68)32-66(46)52(72)48(54(2,3)4)60-50(70)36-11-15-38(16-12-36)63-22-19-35(20-23-63)37-28-58-53(59-29-37)67-40-17-18-41(67)31-64(30-40)45-26-44(61-62-49(45)55)43-7-5-6-8-47(43)69/h5-10,13-14,21,24,26,28-29,35-36,38,40-42,46,48,68-69H,11-12,15-20,22-23,25,27,30-32H2,1-4H3,(H2,55,62)(H,57,71)(H,60,70)/t36?,38?,40?,41?,42-,46+,48-/m1/s1. The summed E-state index contributed by atoms with van der Waals surface area (Å²) in [5, 5.41) is 35.8. The van der Waals surface area contributed by atoms with Crippen LogP contribution in [-0.4, -0.2) is 136 Å². The fourth-order valence-electron chi connectivity index (χ4n) is 12.0. The minimum atomic E-state index is -0.859. The SMILES string of the molecule is Cc1nccn1-c1ccc(CNC(=O)[C@@H]2C[C@@H](O)CN2C(=O)[C@@H](NC(=O)C2CCC(N3CCC(c4cnc(N5C6CCC5CN(c5cc(-c7ccccc7O)nnc5N)C6)nc4)CC3)CC2)C(C)(C)C)cc1. The summed E-state index contributed by atoms with van der Waals surface area (Å²) in [6.45, 7) is 11.5. The Labute approximate surface area is 421 Å². The van der Waals surface area contributed by atoms with Crippen LogP contribution in [0.4, 0.5) is 17.5 Å². The van der Waals surface area contributed by atoms with E-state index in [9.17, 15) is 24.6 Å². The van der Waals surface area contributed by atoms with Crippen molar-refractivity contribution in [1.82, 2.24) is 50.1 Å². The van der Waals surface area contributed by atoms with Crippen LogP contribution in [0, 0.1) is 18.3 Å². The molecule has 10 rings (SSSR count). The first-order valence-electron chi connectivity index (χ1n) is 25.8. The number of aromatic nitrogens is 6. The summed E-state index contributed by atoms with van der Waals surface area (Å²) < 4.78 is 1.98. The highest BCUT2D eigenvalue weighted by atomic mass is 16.3. The van der Waals surface area contributed by atoms with Crippen molar-refractivity contribution in [2.24, 2.45) is 11.3 Å². The molecule has 380 valence electrons. The van der Waals surface area contributed by atoms with Gasteiger partial charge in [0.2, 0.25) is 23.7 Å². The molecule has 0 spiro atoms. The van der Waals surface area contributed by atoms with Gasteiger partial charge in [-0.1, -0.05) is 45.0 Å². The van der Waals surface area contributed by atoms with Crippen LogP contribution in [0.5, 0.6) is 5.75 Å². The Balaban J connectivity index is 0.686. The number of carbonyl (C=O) groups is 3. The first kappa shape index (κ1) is 48.9. The number of hydrogen-bond acceptors (Lipinski definition) is 14. The number of benzene rings is 2. The normalized spacial score (nSPS) is 24.3. The summed E-state index contributed by atoms with van der Waals surface area (Å²) in [5.74, 6) is 1.57. The second-order valence-electron chi connectivity index (χ2n) is 21.8. The molecule has 18 heteroatoms. The fraction of sp³-hybridized carbons (Fsp3) is 0.519. The zero-order valence-electron chi connectivity index (χ0n) is 41.9. The second-order valence-corrected chi connectivity index (χ2v) is 21.8. The van der Waals surface area contributed by atoms with E-state index in [0.29, 0.717) is 29.0 Å². The van der Waals surface area contributed by atoms with E-state index in [1.165, 1.54) is 10.5 Å². The smallest absolute Gasteiger partial charge is 0.246 e. The number of aromatic hydroxyl groups is 1. The number of phenolic OH excluding ortho intramolecular Hbond substituents is 1. The highest BCUT2D eigenvalue weighted by Gasteiger charge is 2.46. The number of likely N-dealkylation sites (tertiary alicyclic amines) is 2. The van der Waals surface area contributed by atoms with Gasteiger partial charge in [0.1, 0.15) is 23.7 Å². The maximum Gasteiger partial charge on any atom is 0.246 e. The number of nitrogens with zero attached hydrogens (tertiary/aromatic N) is 10. The summed E-state index contributed by atoms with van der Waals surface area (Å²) in [7, 11) is 0. The van der Waals surface area contributed by atoms with Gasteiger partial charge in [0.15, 0.2) is 5.82 Å². The number of para-hydroxylation sites is 1. The average molecular weight is 980 g/mol. The minimum Gasteiger partial charge on any atom is -0.507 e. The quantitative estimate of drug-likeness (QED) is 0.110. The van der Waals surface area contributed by atoms with Crippen LogP contribution < -0.4 is 26.2 Å². The van der Waals surface area contributed by atoms with Crippen molar-refractivity contribution in [2.45, 2.75) is 134 Å². The number of aliphatic hydroxyl groups excluding tert-OH is 1. The number of rotatable bonds is 12. The van der Waals surface area contributed by atoms with E-state index in [1.54, 1.807) is 18.3 Å². The van der Waals surface area contributed by atoms with Crippen molar-refractivity contribution in [3.63, 3.8) is 0 Å². The summed E-state index contributed by atoms with van der Waals surface area (Å²) in [6.07, 6.45) is 14.5. The summed E-state index contributed by atoms with van der Waals surface area (Å²) in [4.78, 5) is 64.8. The maximum atomic E-state index is 14.3. The van der Waals surface area contributed by atoms with Crippen LogP contribution in [-0.2, 0) is 20.9 Å². The molecule has 18 nitrogen and oxygen atoms in total. The zero-order chi connectivity index (χ0) is 50.3. The third-order valence-corrected chi connectivity index (χ3v) is 16.0. The van der Waals surface area contributed by atoms with Crippen LogP contribution in [0.3, 0.4) is 0 Å². The number of nitrogens with two attached hydrogens (primary N) is 1. The lowest BCUT2D eigenvalue weighted by Gasteiger charge is -2.42. The zero-order valence-corrected chi connectivity index (χ0v) is 41.9. The second kappa shape index (κ2) is 20.5. The predicted molar refractivity (Wildman–Crippen MR) is 274 cm³/mol. The molecule has 2 bridgehead atoms. The van der Waals surface area contributed by atoms with Gasteiger partial charge in [-0.05, 0) is 124 Å². The number of hydrogen-bond donors (Lipinski definition) is 5. The first-order valence-corrected chi connectivity index (χ1v) is 25.8. The van der Waals surface area contributed by atoms with Gasteiger partial charge in [-0.25, -0.2) is 15.0 Å². The molecule has 72 heavy (non-hydrogen) atoms. The molecule has 5 atom stereocenters. The molecule has 2 unspecified atom stereocenters. The number of carbonyl (C=O) groups excluding carboxylic acids is 3. The predicted octanol–water partition coefficient (Wildman–Crippen LogP) is 5.12. The van der Waals surface area contributed by atoms with Crippen LogP contribution >= 0.6 is 0 Å². The number of amides is 3. The van der Waals surface area contributed by atoms with Gasteiger partial charge in [-0.2, -0.15) is 0 Å². The van der Waals surface area contributed by atoms with Crippen molar-refractivity contribution in [2.75, 3.05) is 48.3 Å². The molecule has 1 saturated carbocycles. The first-order chi connectivity index (χ1) is 34.7. The van der Waals surface area contributed by atoms with E-state index in [-0.39, 0.29) is 61.0 Å². The topological polar surface area (TPSA) is 224 Å². The van der Waals surface area contributed by atoms with Crippen LogP contribution in [0.15, 0.2) is 79.4 Å². The molecule has 2 aromatic carbocycles. The molecule has 5 aromatic rings. The van der Waals surface area contributed by atoms with E-state index in [1.807, 2.05) is 93.3 Å². The van der Waals surface area contributed by atoms with E-state index in [2.05, 4.69) is 40.5 Å². The largest absolute Gasteiger partial charge is 0.507 e. The van der Waals surface area contributed by atoms with Crippen molar-refractivity contribution in [1.29, 1.82) is 0 Å². The average Bonchev–Trinajstić information content (AvgIpc) is 4.08. The molecule has 0 radical (unpaired) electrons. The number of nitrogens with one attached hydrogen (secondary N) is 2. The fourth-order valence-corrected chi connectivity index (χ4v) is 12.0. The third kappa shape index (κ3) is 10.2. The van der Waals surface area contributed by atoms with Crippen molar-refractivity contribution in [3.05, 3.63) is 96.3 Å². The molecular weight excluding hydrogens is 911 g/mol. The lowest BCUT2D eigenvalue weighted by Crippen LogP contribution is -2.58. The van der Waals surface area contributed by atoms with Crippen molar-refractivity contribution in [3.8, 4) is 22.7 Å². The molecule has 4 aliphatic heterocycles. The number of nitrogen functional groups attached to an aromatic ring is 1. The van der Waals surface area contributed by atoms with Gasteiger partial charge < -0.3 is 50.7 Å². The minimum absolute atomic E-state index is 0.0333. The summed E-state index contributed by atoms with van der Waals surface area (Å²) in [6, 6.07) is 16.1. The van der Waals surface area contributed by atoms with Gasteiger partial charge in [0.05, 0.1) is 17.5 Å². The number of aliphatic hydroxyl groups is 1. The lowest BCUT2D eigenvalue weighted by molar-refractivity contribution is -0.144. The maximum absolute atomic E-state index is 14.3. The van der Waals surface area contributed by atoms with Gasteiger partial charge in [0, 0.05) is 92.7 Å². The highest BCUT2D eigenvalue weighted by molar-refractivity contribution is 5.93. The van der Waals surface area contributed by atoms with Crippen molar-refractivity contribution < 1.29 is 24.6 Å². The Morgan fingerprint density at radius 1 is 0.833 bits per heavy atom. The van der Waals surface area contributed by atoms with E-state index in [0.717, 1.165) is 106 Å². The number of phenols is 1. The summed E-state index contributed by atoms with van der Waals surface area (Å²) in [5.41, 5.74) is 10.8. The molecule has 1 aliphatic carbocycles. The van der Waals surface area contributed by atoms with Gasteiger partial charge in [-0.15, -0.1) is 10.2 Å². The number of aryl methyl sites for hydroxylation is 1. The van der Waals surface area contributed by atoms with E-state index < -0.39 is 23.6 Å². The number of anilines is 3. The van der Waals surface area contributed by atoms with Crippen molar-refractivity contribution >= 4 is 35.2 Å². The molecule has 5 fully saturated rings. The number of piperidine rings is 1. The molecule has 4 saturated heterocycles. The monoisotopic (exact) mass is 980 g/mol. The number of piperazine rings is 1. The molecule has 7 heterocycles. The number of fused-ring (bicyclic) bond motifs is 2. The van der Waals surface area contributed by atoms with Gasteiger partial charge in [0.25, 0.3) is 0 Å². The van der Waals surface area contributed by atoms with E-state index in [4.69, 9.17) is 15.7 Å². The van der Waals surface area contributed by atoms with Crippen LogP contribution in [0.2, 0.25) is 0 Å².